The van der Waals surface area contributed by atoms with Gasteiger partial charge in [-0.25, -0.2) is 4.98 Å². The number of hydrogen-bond acceptors (Lipinski definition) is 5. The lowest BCUT2D eigenvalue weighted by molar-refractivity contribution is 0.239. The molecule has 0 spiro atoms. The van der Waals surface area contributed by atoms with Crippen LogP contribution in [0.1, 0.15) is 36.4 Å². The van der Waals surface area contributed by atoms with Crippen LogP contribution in [0.2, 0.25) is 0 Å². The molecule has 0 amide bonds. The molecule has 5 nitrogen and oxygen atoms in total. The van der Waals surface area contributed by atoms with Crippen LogP contribution < -0.4 is 14.2 Å². The van der Waals surface area contributed by atoms with Crippen molar-refractivity contribution in [2.75, 3.05) is 6.61 Å². The van der Waals surface area contributed by atoms with Gasteiger partial charge >= 0.3 is 0 Å². The smallest absolute Gasteiger partial charge is 0.226 e. The van der Waals surface area contributed by atoms with E-state index in [-0.39, 0.29) is 6.10 Å². The van der Waals surface area contributed by atoms with Crippen molar-refractivity contribution in [3.8, 4) is 28.7 Å². The van der Waals surface area contributed by atoms with E-state index in [0.717, 1.165) is 45.4 Å². The number of oxazole rings is 1. The van der Waals surface area contributed by atoms with Crippen molar-refractivity contribution in [3.05, 3.63) is 95.4 Å². The van der Waals surface area contributed by atoms with E-state index in [4.69, 9.17) is 18.6 Å². The summed E-state index contributed by atoms with van der Waals surface area (Å²) in [6.45, 7) is 8.97. The molecule has 0 N–H and O–H groups in total. The Labute approximate surface area is 201 Å². The van der Waals surface area contributed by atoms with E-state index < -0.39 is 0 Å². The van der Waals surface area contributed by atoms with Gasteiger partial charge < -0.3 is 18.6 Å². The Morgan fingerprint density at radius 2 is 1.62 bits per heavy atom. The lowest BCUT2D eigenvalue weighted by Crippen LogP contribution is -2.06. The molecule has 0 radical (unpaired) electrons. The monoisotopic (exact) mass is 457 g/mol. The van der Waals surface area contributed by atoms with Gasteiger partial charge in [0.25, 0.3) is 0 Å². The molecule has 4 aromatic rings. The van der Waals surface area contributed by atoms with Crippen molar-refractivity contribution in [2.24, 2.45) is 0 Å². The van der Waals surface area contributed by atoms with Crippen LogP contribution in [0, 0.1) is 13.8 Å². The summed E-state index contributed by atoms with van der Waals surface area (Å²) in [5, 5.41) is 0. The first kappa shape index (κ1) is 23.4. The van der Waals surface area contributed by atoms with Gasteiger partial charge in [-0.3, -0.25) is 0 Å². The van der Waals surface area contributed by atoms with Gasteiger partial charge in [0, 0.05) is 18.1 Å². The molecule has 0 bridgehead atoms. The predicted octanol–water partition coefficient (Wildman–Crippen LogP) is 6.95. The fraction of sp³-hybridized carbons (Fsp3) is 0.276. The molecule has 0 aliphatic heterocycles. The van der Waals surface area contributed by atoms with E-state index in [9.17, 15) is 0 Å². The largest absolute Gasteiger partial charge is 0.493 e. The first-order chi connectivity index (χ1) is 16.5. The molecular formula is C29H31NO4. The standard InChI is InChI=1S/C29H31NO4/c1-20(2)33-27-16-21(3)15-26(18-27)32-19-23-9-8-12-25(17-23)31-14-13-28-22(4)34-29(30-28)24-10-6-5-7-11-24/h5-12,15-18,20H,13-14,19H2,1-4H3. The van der Waals surface area contributed by atoms with E-state index in [2.05, 4.69) is 4.98 Å². The SMILES string of the molecule is Cc1cc(OCc2cccc(OCCc3nc(-c4ccccc4)oc3C)c2)cc(OC(C)C)c1. The van der Waals surface area contributed by atoms with E-state index >= 15 is 0 Å². The number of rotatable bonds is 10. The van der Waals surface area contributed by atoms with Crippen LogP contribution in [0.4, 0.5) is 0 Å². The third-order valence-corrected chi connectivity index (χ3v) is 5.22. The Balaban J connectivity index is 1.32. The molecule has 1 aromatic heterocycles. The van der Waals surface area contributed by atoms with Crippen molar-refractivity contribution in [1.29, 1.82) is 0 Å². The molecule has 0 fully saturated rings. The molecule has 0 unspecified atom stereocenters. The molecule has 0 aliphatic rings. The molecule has 1 heterocycles. The van der Waals surface area contributed by atoms with Gasteiger partial charge in [-0.1, -0.05) is 30.3 Å². The van der Waals surface area contributed by atoms with Crippen molar-refractivity contribution in [2.45, 2.75) is 46.8 Å². The highest BCUT2D eigenvalue weighted by Gasteiger charge is 2.11. The van der Waals surface area contributed by atoms with Gasteiger partial charge in [0.15, 0.2) is 0 Å². The lowest BCUT2D eigenvalue weighted by atomic mass is 10.2. The van der Waals surface area contributed by atoms with Crippen LogP contribution in [-0.2, 0) is 13.0 Å². The van der Waals surface area contributed by atoms with Crippen LogP contribution in [0.5, 0.6) is 17.2 Å². The number of aryl methyl sites for hydroxylation is 2. The number of ether oxygens (including phenoxy) is 3. The topological polar surface area (TPSA) is 53.7 Å². The maximum atomic E-state index is 6.03. The molecule has 0 atom stereocenters. The number of aromatic nitrogens is 1. The Hall–Kier alpha value is -3.73. The van der Waals surface area contributed by atoms with E-state index in [1.807, 2.05) is 100 Å². The summed E-state index contributed by atoms with van der Waals surface area (Å²) < 4.78 is 23.7. The minimum atomic E-state index is 0.120. The summed E-state index contributed by atoms with van der Waals surface area (Å²) in [5.74, 6) is 3.88. The number of hydrogen-bond donors (Lipinski definition) is 0. The zero-order valence-electron chi connectivity index (χ0n) is 20.2. The van der Waals surface area contributed by atoms with Crippen LogP contribution in [0.3, 0.4) is 0 Å². The summed E-state index contributed by atoms with van der Waals surface area (Å²) in [4.78, 5) is 4.65. The first-order valence-corrected chi connectivity index (χ1v) is 11.6. The molecule has 5 heteroatoms. The van der Waals surface area contributed by atoms with Crippen LogP contribution in [0.15, 0.2) is 77.2 Å². The highest BCUT2D eigenvalue weighted by Crippen LogP contribution is 2.25. The fourth-order valence-electron chi connectivity index (χ4n) is 3.66. The molecule has 4 rings (SSSR count). The molecule has 34 heavy (non-hydrogen) atoms. The minimum absolute atomic E-state index is 0.120. The number of benzene rings is 3. The average Bonchev–Trinajstić information content (AvgIpc) is 3.18. The summed E-state index contributed by atoms with van der Waals surface area (Å²) in [7, 11) is 0. The van der Waals surface area contributed by atoms with Gasteiger partial charge in [0.1, 0.15) is 29.6 Å². The van der Waals surface area contributed by atoms with Gasteiger partial charge in [-0.05, 0) is 75.2 Å². The van der Waals surface area contributed by atoms with Crippen LogP contribution in [-0.4, -0.2) is 17.7 Å². The second-order valence-electron chi connectivity index (χ2n) is 8.57. The Morgan fingerprint density at radius 3 is 2.41 bits per heavy atom. The second kappa shape index (κ2) is 10.9. The summed E-state index contributed by atoms with van der Waals surface area (Å²) >= 11 is 0. The molecule has 0 saturated heterocycles. The minimum Gasteiger partial charge on any atom is -0.493 e. The van der Waals surface area contributed by atoms with Crippen molar-refractivity contribution in [3.63, 3.8) is 0 Å². The van der Waals surface area contributed by atoms with Crippen molar-refractivity contribution >= 4 is 0 Å². The summed E-state index contributed by atoms with van der Waals surface area (Å²) in [6, 6.07) is 23.8. The number of nitrogens with zero attached hydrogens (tertiary/aromatic N) is 1. The van der Waals surface area contributed by atoms with Gasteiger partial charge in [-0.15, -0.1) is 0 Å². The maximum Gasteiger partial charge on any atom is 0.226 e. The quantitative estimate of drug-likeness (QED) is 0.258. The third-order valence-electron chi connectivity index (χ3n) is 5.22. The molecule has 3 aromatic carbocycles. The molecular weight excluding hydrogens is 426 g/mol. The average molecular weight is 458 g/mol. The van der Waals surface area contributed by atoms with Crippen molar-refractivity contribution in [1.82, 2.24) is 4.98 Å². The highest BCUT2D eigenvalue weighted by molar-refractivity contribution is 5.53. The highest BCUT2D eigenvalue weighted by atomic mass is 16.5. The van der Waals surface area contributed by atoms with Crippen LogP contribution in [0.25, 0.3) is 11.5 Å². The Bertz CT molecular complexity index is 1210. The van der Waals surface area contributed by atoms with E-state index in [1.54, 1.807) is 0 Å². The zero-order chi connectivity index (χ0) is 23.9. The normalized spacial score (nSPS) is 11.0. The zero-order valence-corrected chi connectivity index (χ0v) is 20.2. The second-order valence-corrected chi connectivity index (χ2v) is 8.57. The first-order valence-electron chi connectivity index (χ1n) is 11.6. The van der Waals surface area contributed by atoms with Gasteiger partial charge in [-0.2, -0.15) is 0 Å². The van der Waals surface area contributed by atoms with E-state index in [0.29, 0.717) is 25.5 Å². The molecule has 176 valence electrons. The lowest BCUT2D eigenvalue weighted by Gasteiger charge is -2.13. The Kier molecular flexibility index (Phi) is 7.53. The van der Waals surface area contributed by atoms with Crippen LogP contribution >= 0.6 is 0 Å². The summed E-state index contributed by atoms with van der Waals surface area (Å²) in [5.41, 5.74) is 4.03. The van der Waals surface area contributed by atoms with E-state index in [1.165, 1.54) is 0 Å². The molecule has 0 saturated carbocycles. The van der Waals surface area contributed by atoms with Gasteiger partial charge in [0.2, 0.25) is 5.89 Å². The van der Waals surface area contributed by atoms with Gasteiger partial charge in [0.05, 0.1) is 18.4 Å². The maximum absolute atomic E-state index is 6.03. The molecule has 0 aliphatic carbocycles. The Morgan fingerprint density at radius 1 is 0.824 bits per heavy atom. The summed E-state index contributed by atoms with van der Waals surface area (Å²) in [6.07, 6.45) is 0.791. The fourth-order valence-corrected chi connectivity index (χ4v) is 3.66. The third kappa shape index (κ3) is 6.41. The van der Waals surface area contributed by atoms with Crippen molar-refractivity contribution < 1.29 is 18.6 Å². The predicted molar refractivity (Wildman–Crippen MR) is 134 cm³/mol.